The predicted octanol–water partition coefficient (Wildman–Crippen LogP) is 17.8. The van der Waals surface area contributed by atoms with Gasteiger partial charge in [-0.05, 0) is 109 Å². The number of carbonyl (C=O) groups excluding carboxylic acids is 3. The van der Waals surface area contributed by atoms with Crippen molar-refractivity contribution in [2.45, 2.75) is 264 Å². The SMILES string of the molecule is CC/C=C\C/C=C\C/C=C\C/C=C\CCCCCC(=O)OC(COC(=O)CCCCC/C=C\CCCCCCCC)COC(=O)CCCCCCCCC/C=C\CCCCCCCC. The maximum absolute atomic E-state index is 12.8. The lowest BCUT2D eigenvalue weighted by Gasteiger charge is -2.18. The molecule has 0 aliphatic carbocycles. The van der Waals surface area contributed by atoms with Crippen molar-refractivity contribution in [1.82, 2.24) is 0 Å². The normalized spacial score (nSPS) is 12.6. The molecule has 6 nitrogen and oxygen atoms in total. The van der Waals surface area contributed by atoms with Gasteiger partial charge in [-0.1, -0.05) is 203 Å². The molecule has 1 atom stereocenters. The number of ether oxygens (including phenoxy) is 3. The Kier molecular flexibility index (Phi) is 49.9. The Morgan fingerprint density at radius 3 is 0.984 bits per heavy atom. The highest BCUT2D eigenvalue weighted by Crippen LogP contribution is 2.14. The summed E-state index contributed by atoms with van der Waals surface area (Å²) >= 11 is 0. The van der Waals surface area contributed by atoms with Crippen molar-refractivity contribution in [1.29, 1.82) is 0 Å². The second-order valence-corrected chi connectivity index (χ2v) is 17.7. The largest absolute Gasteiger partial charge is 0.462 e. The molecule has 0 saturated carbocycles. The van der Waals surface area contributed by atoms with Gasteiger partial charge < -0.3 is 14.2 Å². The standard InChI is InChI=1S/C58H100O6/c1-4-7-10-13-16-19-22-25-27-29-31-33-36-39-42-45-48-51-57(60)63-54-55(53-62-56(59)50-47-44-41-38-35-32-24-21-18-15-12-9-6-3)64-58(61)52-49-46-43-40-37-34-30-28-26-23-20-17-14-11-8-5-2/h8,11,17,20,25-28,32,34-35,37,55H,4-7,9-10,12-16,18-19,21-24,29-31,33,36,38-54H2,1-3H3/b11-8-,20-17-,27-25-,28-26-,35-32-,37-34-. The van der Waals surface area contributed by atoms with E-state index in [0.717, 1.165) is 103 Å². The lowest BCUT2D eigenvalue weighted by atomic mass is 10.1. The van der Waals surface area contributed by atoms with Crippen molar-refractivity contribution in [3.8, 4) is 0 Å². The third-order valence-electron chi connectivity index (χ3n) is 11.4. The van der Waals surface area contributed by atoms with Crippen molar-refractivity contribution in [3.05, 3.63) is 72.9 Å². The van der Waals surface area contributed by atoms with Crippen LogP contribution in [0.15, 0.2) is 72.9 Å². The number of esters is 3. The van der Waals surface area contributed by atoms with Crippen molar-refractivity contribution in [2.75, 3.05) is 13.2 Å². The molecule has 6 heteroatoms. The molecule has 368 valence electrons. The second-order valence-electron chi connectivity index (χ2n) is 17.7. The Hall–Kier alpha value is -3.15. The number of hydrogen-bond acceptors (Lipinski definition) is 6. The van der Waals surface area contributed by atoms with Gasteiger partial charge in [0, 0.05) is 19.3 Å². The smallest absolute Gasteiger partial charge is 0.306 e. The fourth-order valence-corrected chi connectivity index (χ4v) is 7.36. The van der Waals surface area contributed by atoms with Gasteiger partial charge in [-0.25, -0.2) is 0 Å². The van der Waals surface area contributed by atoms with E-state index in [-0.39, 0.29) is 37.5 Å². The van der Waals surface area contributed by atoms with Crippen LogP contribution in [0.2, 0.25) is 0 Å². The van der Waals surface area contributed by atoms with Gasteiger partial charge in [-0.3, -0.25) is 14.4 Å². The highest BCUT2D eigenvalue weighted by atomic mass is 16.6. The summed E-state index contributed by atoms with van der Waals surface area (Å²) < 4.78 is 16.8. The zero-order valence-electron chi connectivity index (χ0n) is 42.0. The quantitative estimate of drug-likeness (QED) is 0.0262. The van der Waals surface area contributed by atoms with Crippen molar-refractivity contribution in [3.63, 3.8) is 0 Å². The Balaban J connectivity index is 4.45. The summed E-state index contributed by atoms with van der Waals surface area (Å²) in [6, 6.07) is 0. The summed E-state index contributed by atoms with van der Waals surface area (Å²) in [5.74, 6) is -0.944. The van der Waals surface area contributed by atoms with Gasteiger partial charge in [0.25, 0.3) is 0 Å². The fourth-order valence-electron chi connectivity index (χ4n) is 7.36. The van der Waals surface area contributed by atoms with Gasteiger partial charge >= 0.3 is 17.9 Å². The molecule has 0 heterocycles. The van der Waals surface area contributed by atoms with Crippen LogP contribution in [-0.2, 0) is 28.6 Å². The third kappa shape index (κ3) is 49.9. The van der Waals surface area contributed by atoms with E-state index in [4.69, 9.17) is 14.2 Å². The number of allylic oxidation sites excluding steroid dienone is 12. The first-order valence-electron chi connectivity index (χ1n) is 26.9. The van der Waals surface area contributed by atoms with E-state index in [1.54, 1.807) is 0 Å². The van der Waals surface area contributed by atoms with Crippen molar-refractivity contribution < 1.29 is 28.6 Å². The molecular formula is C58H100O6. The molecule has 0 spiro atoms. The Morgan fingerprint density at radius 1 is 0.328 bits per heavy atom. The molecule has 0 fully saturated rings. The van der Waals surface area contributed by atoms with E-state index in [1.165, 1.54) is 116 Å². The molecule has 1 unspecified atom stereocenters. The van der Waals surface area contributed by atoms with Crippen LogP contribution < -0.4 is 0 Å². The maximum Gasteiger partial charge on any atom is 0.306 e. The average Bonchev–Trinajstić information content (AvgIpc) is 3.29. The van der Waals surface area contributed by atoms with E-state index < -0.39 is 6.10 Å². The van der Waals surface area contributed by atoms with Gasteiger partial charge in [0.2, 0.25) is 0 Å². The summed E-state index contributed by atoms with van der Waals surface area (Å²) in [6.07, 6.45) is 66.0. The molecule has 0 saturated heterocycles. The van der Waals surface area contributed by atoms with Crippen LogP contribution in [0.3, 0.4) is 0 Å². The van der Waals surface area contributed by atoms with Crippen molar-refractivity contribution in [2.24, 2.45) is 0 Å². The Morgan fingerprint density at radius 2 is 0.609 bits per heavy atom. The van der Waals surface area contributed by atoms with Crippen LogP contribution >= 0.6 is 0 Å². The minimum atomic E-state index is -0.799. The zero-order valence-corrected chi connectivity index (χ0v) is 42.0. The number of unbranched alkanes of at least 4 members (excludes halogenated alkanes) is 25. The van der Waals surface area contributed by atoms with Gasteiger partial charge in [-0.2, -0.15) is 0 Å². The van der Waals surface area contributed by atoms with E-state index in [9.17, 15) is 14.4 Å². The molecule has 0 aromatic carbocycles. The fraction of sp³-hybridized carbons (Fsp3) is 0.741. The van der Waals surface area contributed by atoms with Crippen LogP contribution in [0.4, 0.5) is 0 Å². The first kappa shape index (κ1) is 60.9. The van der Waals surface area contributed by atoms with Crippen LogP contribution in [-0.4, -0.2) is 37.2 Å². The average molecular weight is 893 g/mol. The lowest BCUT2D eigenvalue weighted by Crippen LogP contribution is -2.30. The second kappa shape index (κ2) is 52.5. The van der Waals surface area contributed by atoms with Gasteiger partial charge in [-0.15, -0.1) is 0 Å². The van der Waals surface area contributed by atoms with Crippen LogP contribution in [0.5, 0.6) is 0 Å². The molecule has 0 radical (unpaired) electrons. The Labute approximate surface area is 395 Å². The van der Waals surface area contributed by atoms with Crippen LogP contribution in [0.25, 0.3) is 0 Å². The van der Waals surface area contributed by atoms with E-state index in [1.807, 2.05) is 0 Å². The van der Waals surface area contributed by atoms with Crippen LogP contribution in [0, 0.1) is 0 Å². The molecule has 0 amide bonds. The topological polar surface area (TPSA) is 78.9 Å². The molecule has 64 heavy (non-hydrogen) atoms. The highest BCUT2D eigenvalue weighted by molar-refractivity contribution is 5.71. The van der Waals surface area contributed by atoms with Gasteiger partial charge in [0.1, 0.15) is 13.2 Å². The molecule has 0 N–H and O–H groups in total. The predicted molar refractivity (Wildman–Crippen MR) is 274 cm³/mol. The minimum Gasteiger partial charge on any atom is -0.462 e. The number of hydrogen-bond donors (Lipinski definition) is 0. The maximum atomic E-state index is 12.8. The van der Waals surface area contributed by atoms with Crippen LogP contribution in [0.1, 0.15) is 258 Å². The lowest BCUT2D eigenvalue weighted by molar-refractivity contribution is -0.167. The first-order valence-corrected chi connectivity index (χ1v) is 26.9. The van der Waals surface area contributed by atoms with Crippen molar-refractivity contribution >= 4 is 17.9 Å². The summed E-state index contributed by atoms with van der Waals surface area (Å²) in [7, 11) is 0. The molecule has 0 aromatic rings. The summed E-state index contributed by atoms with van der Waals surface area (Å²) in [4.78, 5) is 38.0. The van der Waals surface area contributed by atoms with E-state index in [0.29, 0.717) is 12.8 Å². The highest BCUT2D eigenvalue weighted by Gasteiger charge is 2.19. The van der Waals surface area contributed by atoms with Gasteiger partial charge in [0.05, 0.1) is 0 Å². The minimum absolute atomic E-state index is 0.0951. The number of rotatable bonds is 48. The molecule has 0 aliphatic heterocycles. The molecule has 0 bridgehead atoms. The summed E-state index contributed by atoms with van der Waals surface area (Å²) in [6.45, 7) is 6.48. The summed E-state index contributed by atoms with van der Waals surface area (Å²) in [5, 5.41) is 0. The van der Waals surface area contributed by atoms with E-state index in [2.05, 4.69) is 93.7 Å². The molecule has 0 aliphatic rings. The van der Waals surface area contributed by atoms with Gasteiger partial charge in [0.15, 0.2) is 6.10 Å². The first-order chi connectivity index (χ1) is 31.5. The number of carbonyl (C=O) groups is 3. The Bertz CT molecular complexity index is 1210. The zero-order chi connectivity index (χ0) is 46.5. The summed E-state index contributed by atoms with van der Waals surface area (Å²) in [5.41, 5.74) is 0. The monoisotopic (exact) mass is 893 g/mol. The molecule has 0 aromatic heterocycles. The molecule has 0 rings (SSSR count). The third-order valence-corrected chi connectivity index (χ3v) is 11.4. The molecular weight excluding hydrogens is 793 g/mol. The van der Waals surface area contributed by atoms with E-state index >= 15 is 0 Å².